The number of benzene rings is 1. The molecular formula is C15H18Br2N2OS. The van der Waals surface area contributed by atoms with E-state index >= 15 is 0 Å². The number of thioether (sulfide) groups is 1. The number of nitrogens with zero attached hydrogens (tertiary/aromatic N) is 2. The molecule has 1 unspecified atom stereocenters. The first kappa shape index (κ1) is 17.1. The number of rotatable bonds is 6. The Kier molecular flexibility index (Phi) is 6.34. The molecule has 1 aromatic carbocycles. The third-order valence-corrected chi connectivity index (χ3v) is 6.29. The highest BCUT2D eigenvalue weighted by atomic mass is 79.9. The van der Waals surface area contributed by atoms with E-state index in [4.69, 9.17) is 0 Å². The van der Waals surface area contributed by atoms with Gasteiger partial charge < -0.3 is 5.11 Å². The highest BCUT2D eigenvalue weighted by Crippen LogP contribution is 2.29. The van der Waals surface area contributed by atoms with Gasteiger partial charge in [-0.3, -0.25) is 4.68 Å². The van der Waals surface area contributed by atoms with Crippen LogP contribution < -0.4 is 0 Å². The van der Waals surface area contributed by atoms with Crippen molar-refractivity contribution in [3.8, 4) is 0 Å². The second-order valence-electron chi connectivity index (χ2n) is 4.78. The van der Waals surface area contributed by atoms with Crippen LogP contribution in [0.5, 0.6) is 0 Å². The Morgan fingerprint density at radius 1 is 1.33 bits per heavy atom. The van der Waals surface area contributed by atoms with Crippen LogP contribution in [0.2, 0.25) is 0 Å². The van der Waals surface area contributed by atoms with Gasteiger partial charge in [-0.05, 0) is 50.4 Å². The molecule has 0 aliphatic heterocycles. The molecule has 6 heteroatoms. The Labute approximate surface area is 146 Å². The number of hydrogen-bond acceptors (Lipinski definition) is 3. The van der Waals surface area contributed by atoms with Crippen LogP contribution in [-0.2, 0) is 19.9 Å². The Morgan fingerprint density at radius 2 is 2.05 bits per heavy atom. The average Bonchev–Trinajstić information content (AvgIpc) is 2.74. The molecule has 0 bridgehead atoms. The molecule has 1 atom stereocenters. The Morgan fingerprint density at radius 3 is 2.67 bits per heavy atom. The second-order valence-corrected chi connectivity index (χ2v) is 7.49. The van der Waals surface area contributed by atoms with Crippen LogP contribution in [0.25, 0.3) is 0 Å². The Bertz CT molecular complexity index is 616. The Balaban J connectivity index is 1.98. The molecule has 114 valence electrons. The van der Waals surface area contributed by atoms with Crippen molar-refractivity contribution in [3.63, 3.8) is 0 Å². The number of halogens is 2. The smallest absolute Gasteiger partial charge is 0.0766 e. The van der Waals surface area contributed by atoms with Gasteiger partial charge in [-0.25, -0.2) is 0 Å². The molecular weight excluding hydrogens is 416 g/mol. The van der Waals surface area contributed by atoms with Crippen molar-refractivity contribution in [1.29, 1.82) is 0 Å². The zero-order chi connectivity index (χ0) is 15.4. The number of aliphatic hydroxyl groups excluding tert-OH is 1. The predicted octanol–water partition coefficient (Wildman–Crippen LogP) is 4.20. The van der Waals surface area contributed by atoms with Crippen molar-refractivity contribution in [2.45, 2.75) is 30.8 Å². The summed E-state index contributed by atoms with van der Waals surface area (Å²) < 4.78 is 3.95. The molecule has 1 N–H and O–H groups in total. The first-order valence-corrected chi connectivity index (χ1v) is 9.35. The molecule has 0 saturated carbocycles. The Hall–Kier alpha value is -0.300. The van der Waals surface area contributed by atoms with Gasteiger partial charge in [0.2, 0.25) is 0 Å². The fourth-order valence-electron chi connectivity index (χ4n) is 2.07. The van der Waals surface area contributed by atoms with Crippen molar-refractivity contribution in [2.24, 2.45) is 7.05 Å². The van der Waals surface area contributed by atoms with E-state index in [0.717, 1.165) is 31.6 Å². The van der Waals surface area contributed by atoms with E-state index in [2.05, 4.69) is 49.9 Å². The van der Waals surface area contributed by atoms with Gasteiger partial charge in [0.1, 0.15) is 0 Å². The van der Waals surface area contributed by atoms with Gasteiger partial charge in [-0.2, -0.15) is 5.10 Å². The van der Waals surface area contributed by atoms with Crippen LogP contribution in [-0.4, -0.2) is 26.7 Å². The van der Waals surface area contributed by atoms with Crippen LogP contribution in [0.3, 0.4) is 0 Å². The molecule has 1 aromatic heterocycles. The second kappa shape index (κ2) is 7.81. The van der Waals surface area contributed by atoms with Crippen LogP contribution in [0.1, 0.15) is 18.3 Å². The highest BCUT2D eigenvalue weighted by molar-refractivity contribution is 9.10. The van der Waals surface area contributed by atoms with Gasteiger partial charge in [0.05, 0.1) is 22.0 Å². The van der Waals surface area contributed by atoms with Gasteiger partial charge in [0, 0.05) is 28.6 Å². The molecule has 0 spiro atoms. The molecule has 0 aliphatic rings. The summed E-state index contributed by atoms with van der Waals surface area (Å²) in [7, 11) is 1.92. The maximum atomic E-state index is 10.3. The largest absolute Gasteiger partial charge is 0.392 e. The topological polar surface area (TPSA) is 38.0 Å². The van der Waals surface area contributed by atoms with Gasteiger partial charge in [0.15, 0.2) is 0 Å². The maximum absolute atomic E-state index is 10.3. The molecule has 2 rings (SSSR count). The molecule has 0 radical (unpaired) electrons. The van der Waals surface area contributed by atoms with E-state index in [1.165, 1.54) is 0 Å². The molecule has 3 nitrogen and oxygen atoms in total. The normalized spacial score (nSPS) is 12.6. The van der Waals surface area contributed by atoms with Crippen LogP contribution in [0.4, 0.5) is 0 Å². The van der Waals surface area contributed by atoms with E-state index in [-0.39, 0.29) is 0 Å². The van der Waals surface area contributed by atoms with Gasteiger partial charge in [0.25, 0.3) is 0 Å². The summed E-state index contributed by atoms with van der Waals surface area (Å²) in [4.78, 5) is 1.15. The van der Waals surface area contributed by atoms with Crippen molar-refractivity contribution < 1.29 is 5.11 Å². The summed E-state index contributed by atoms with van der Waals surface area (Å²) >= 11 is 8.77. The summed E-state index contributed by atoms with van der Waals surface area (Å²) in [5.74, 6) is 0.654. The summed E-state index contributed by atoms with van der Waals surface area (Å²) in [6.45, 7) is 2.08. The number of aliphatic hydroxyl groups is 1. The molecule has 2 aromatic rings. The summed E-state index contributed by atoms with van der Waals surface area (Å²) in [5.41, 5.74) is 2.09. The van der Waals surface area contributed by atoms with E-state index in [1.54, 1.807) is 11.8 Å². The van der Waals surface area contributed by atoms with E-state index in [9.17, 15) is 5.11 Å². The van der Waals surface area contributed by atoms with Gasteiger partial charge in [-0.1, -0.05) is 19.1 Å². The quantitative estimate of drug-likeness (QED) is 0.693. The van der Waals surface area contributed by atoms with Crippen molar-refractivity contribution in [3.05, 3.63) is 44.6 Å². The predicted molar refractivity (Wildman–Crippen MR) is 94.9 cm³/mol. The molecule has 0 saturated heterocycles. The molecule has 0 amide bonds. The third-order valence-electron chi connectivity index (χ3n) is 3.20. The summed E-state index contributed by atoms with van der Waals surface area (Å²) in [5, 5.41) is 14.7. The van der Waals surface area contributed by atoms with Crippen molar-refractivity contribution >= 4 is 43.6 Å². The first-order chi connectivity index (χ1) is 10.0. The minimum atomic E-state index is -0.404. The average molecular weight is 434 g/mol. The minimum Gasteiger partial charge on any atom is -0.392 e. The zero-order valence-corrected chi connectivity index (χ0v) is 16.0. The van der Waals surface area contributed by atoms with Crippen molar-refractivity contribution in [2.75, 3.05) is 5.75 Å². The van der Waals surface area contributed by atoms with Crippen LogP contribution >= 0.6 is 43.6 Å². The third kappa shape index (κ3) is 4.34. The monoisotopic (exact) mass is 432 g/mol. The lowest BCUT2D eigenvalue weighted by Gasteiger charge is -2.11. The number of aromatic nitrogens is 2. The SMILES string of the molecule is CCc1nn(C)c(CC(O)CSc2ccccc2Br)c1Br. The minimum absolute atomic E-state index is 0.404. The van der Waals surface area contributed by atoms with Gasteiger partial charge >= 0.3 is 0 Å². The molecule has 0 fully saturated rings. The summed E-state index contributed by atoms with van der Waals surface area (Å²) in [6.07, 6.45) is 1.08. The fraction of sp³-hybridized carbons (Fsp3) is 0.400. The molecule has 21 heavy (non-hydrogen) atoms. The van der Waals surface area contributed by atoms with E-state index in [1.807, 2.05) is 29.9 Å². The number of hydrogen-bond donors (Lipinski definition) is 1. The summed E-state index contributed by atoms with van der Waals surface area (Å²) in [6, 6.07) is 8.06. The van der Waals surface area contributed by atoms with E-state index in [0.29, 0.717) is 12.2 Å². The van der Waals surface area contributed by atoms with Crippen molar-refractivity contribution in [1.82, 2.24) is 9.78 Å². The maximum Gasteiger partial charge on any atom is 0.0766 e. The standard InChI is InChI=1S/C15H18Br2N2OS/c1-3-12-15(17)13(19(2)18-12)8-10(20)9-21-14-7-5-4-6-11(14)16/h4-7,10,20H,3,8-9H2,1-2H3. The fourth-order valence-corrected chi connectivity index (χ4v) is 4.35. The van der Waals surface area contributed by atoms with Crippen LogP contribution in [0.15, 0.2) is 38.1 Å². The zero-order valence-electron chi connectivity index (χ0n) is 12.0. The lowest BCUT2D eigenvalue weighted by molar-refractivity contribution is 0.197. The van der Waals surface area contributed by atoms with Crippen LogP contribution in [0, 0.1) is 0 Å². The molecule has 0 aliphatic carbocycles. The lowest BCUT2D eigenvalue weighted by atomic mass is 10.2. The van der Waals surface area contributed by atoms with E-state index < -0.39 is 6.10 Å². The number of aryl methyl sites for hydroxylation is 2. The first-order valence-electron chi connectivity index (χ1n) is 6.78. The lowest BCUT2D eigenvalue weighted by Crippen LogP contribution is -2.16. The highest BCUT2D eigenvalue weighted by Gasteiger charge is 2.16. The molecule has 1 heterocycles. The van der Waals surface area contributed by atoms with Gasteiger partial charge in [-0.15, -0.1) is 11.8 Å².